The lowest BCUT2D eigenvalue weighted by Crippen LogP contribution is -2.81. The van der Waals surface area contributed by atoms with Crippen LogP contribution in [0.5, 0.6) is 0 Å². The molecule has 0 aliphatic carbocycles. The zero-order valence-corrected chi connectivity index (χ0v) is 17.9. The van der Waals surface area contributed by atoms with Crippen LogP contribution in [-0.2, 0) is 27.1 Å². The van der Waals surface area contributed by atoms with Gasteiger partial charge in [-0.2, -0.15) is 18.4 Å². The Morgan fingerprint density at radius 2 is 1.76 bits per heavy atom. The fraction of sp³-hybridized carbons (Fsp3) is 0.304. The summed E-state index contributed by atoms with van der Waals surface area (Å²) in [6.07, 6.45) is -4.52. The molecule has 2 aromatic rings. The number of amides is 3. The first kappa shape index (κ1) is 23.2. The number of anilines is 1. The molecule has 0 bridgehead atoms. The molecule has 0 N–H and O–H groups in total. The maximum Gasteiger partial charge on any atom is 0.416 e. The summed E-state index contributed by atoms with van der Waals surface area (Å²) in [5.41, 5.74) is -2.09. The molecule has 176 valence electrons. The molecule has 0 atom stereocenters. The van der Waals surface area contributed by atoms with Gasteiger partial charge >= 0.3 is 6.18 Å². The second-order valence-corrected chi connectivity index (χ2v) is 8.25. The Bertz CT molecular complexity index is 1210. The molecule has 2 aromatic carbocycles. The number of carbonyl (C=O) groups is 3. The standard InChI is InChI=1S/C23H18F4N4O3/c1-14(32)29-12-22(13-29)21(34)30(19-7-4-16(9-28)8-18(19)24)11-20(33)31(22)10-15-2-5-17(6-3-15)23(25,26)27/h2-8H,10-13H2,1H3. The summed E-state index contributed by atoms with van der Waals surface area (Å²) < 4.78 is 53.3. The molecule has 1 spiro atoms. The Hall–Kier alpha value is -3.94. The van der Waals surface area contributed by atoms with Crippen molar-refractivity contribution in [3.8, 4) is 6.07 Å². The van der Waals surface area contributed by atoms with Gasteiger partial charge in [0.2, 0.25) is 11.8 Å². The number of carbonyl (C=O) groups excluding carboxylic acids is 3. The molecule has 2 saturated heterocycles. The minimum absolute atomic E-state index is 0.0436. The van der Waals surface area contributed by atoms with Crippen LogP contribution in [0.4, 0.5) is 23.2 Å². The summed E-state index contributed by atoms with van der Waals surface area (Å²) in [6, 6.07) is 9.53. The molecule has 2 heterocycles. The quantitative estimate of drug-likeness (QED) is 0.641. The van der Waals surface area contributed by atoms with Gasteiger partial charge in [0.05, 0.1) is 36.0 Å². The zero-order chi connectivity index (χ0) is 24.8. The van der Waals surface area contributed by atoms with Crippen LogP contribution in [0, 0.1) is 17.1 Å². The van der Waals surface area contributed by atoms with Crippen LogP contribution in [0.2, 0.25) is 0 Å². The molecule has 7 nitrogen and oxygen atoms in total. The molecule has 34 heavy (non-hydrogen) atoms. The van der Waals surface area contributed by atoms with Crippen LogP contribution in [0.3, 0.4) is 0 Å². The van der Waals surface area contributed by atoms with Crippen LogP contribution in [-0.4, -0.2) is 52.7 Å². The van der Waals surface area contributed by atoms with Gasteiger partial charge in [-0.3, -0.25) is 19.3 Å². The van der Waals surface area contributed by atoms with E-state index in [-0.39, 0.29) is 36.8 Å². The van der Waals surface area contributed by atoms with Gasteiger partial charge in [-0.1, -0.05) is 12.1 Å². The van der Waals surface area contributed by atoms with Gasteiger partial charge in [0.25, 0.3) is 5.91 Å². The predicted octanol–water partition coefficient (Wildman–Crippen LogP) is 2.69. The summed E-state index contributed by atoms with van der Waals surface area (Å²) in [5, 5.41) is 8.95. The number of rotatable bonds is 3. The van der Waals surface area contributed by atoms with Crippen molar-refractivity contribution in [2.45, 2.75) is 25.2 Å². The molecule has 0 aromatic heterocycles. The first-order valence-electron chi connectivity index (χ1n) is 10.2. The van der Waals surface area contributed by atoms with Gasteiger partial charge in [-0.25, -0.2) is 4.39 Å². The Balaban J connectivity index is 1.67. The average Bonchev–Trinajstić information content (AvgIpc) is 2.74. The number of piperazine rings is 1. The third kappa shape index (κ3) is 3.85. The maximum atomic E-state index is 14.7. The van der Waals surface area contributed by atoms with Crippen molar-refractivity contribution in [1.29, 1.82) is 5.26 Å². The van der Waals surface area contributed by atoms with Gasteiger partial charge in [0, 0.05) is 13.5 Å². The molecule has 2 fully saturated rings. The lowest BCUT2D eigenvalue weighted by atomic mass is 9.83. The number of benzene rings is 2. The first-order valence-corrected chi connectivity index (χ1v) is 10.2. The Labute approximate surface area is 191 Å². The van der Waals surface area contributed by atoms with E-state index in [1.165, 1.54) is 41.0 Å². The van der Waals surface area contributed by atoms with E-state index in [1.54, 1.807) is 6.07 Å². The number of alkyl halides is 3. The third-order valence-corrected chi connectivity index (χ3v) is 6.09. The number of halogens is 4. The van der Waals surface area contributed by atoms with Gasteiger partial charge in [0.1, 0.15) is 12.4 Å². The van der Waals surface area contributed by atoms with E-state index in [9.17, 15) is 31.9 Å². The lowest BCUT2D eigenvalue weighted by molar-refractivity contribution is -0.169. The van der Waals surface area contributed by atoms with Crippen LogP contribution < -0.4 is 4.90 Å². The van der Waals surface area contributed by atoms with Gasteiger partial charge < -0.3 is 9.80 Å². The average molecular weight is 474 g/mol. The van der Waals surface area contributed by atoms with E-state index in [1.807, 2.05) is 0 Å². The molecule has 0 saturated carbocycles. The number of likely N-dealkylation sites (tertiary alicyclic amines) is 1. The highest BCUT2D eigenvalue weighted by Crippen LogP contribution is 2.38. The van der Waals surface area contributed by atoms with E-state index >= 15 is 0 Å². The molecular weight excluding hydrogens is 456 g/mol. The Morgan fingerprint density at radius 1 is 1.12 bits per heavy atom. The summed E-state index contributed by atoms with van der Waals surface area (Å²) in [4.78, 5) is 42.1. The zero-order valence-electron chi connectivity index (χ0n) is 17.9. The fourth-order valence-corrected chi connectivity index (χ4v) is 4.22. The molecule has 4 rings (SSSR count). The fourth-order valence-electron chi connectivity index (χ4n) is 4.22. The maximum absolute atomic E-state index is 14.7. The SMILES string of the molecule is CC(=O)N1CC2(C1)C(=O)N(c1ccc(C#N)cc1F)CC(=O)N2Cc1ccc(C(F)(F)F)cc1. The van der Waals surface area contributed by atoms with Crippen molar-refractivity contribution in [1.82, 2.24) is 9.80 Å². The van der Waals surface area contributed by atoms with Crippen molar-refractivity contribution in [3.63, 3.8) is 0 Å². The molecule has 2 aliphatic rings. The van der Waals surface area contributed by atoms with Gasteiger partial charge in [0.15, 0.2) is 5.54 Å². The Kier molecular flexibility index (Phi) is 5.55. The molecular formula is C23H18F4N4O3. The molecule has 0 unspecified atom stereocenters. The predicted molar refractivity (Wildman–Crippen MR) is 110 cm³/mol. The highest BCUT2D eigenvalue weighted by atomic mass is 19.4. The van der Waals surface area contributed by atoms with Crippen molar-refractivity contribution < 1.29 is 31.9 Å². The van der Waals surface area contributed by atoms with Crippen molar-refractivity contribution >= 4 is 23.4 Å². The molecule has 11 heteroatoms. The van der Waals surface area contributed by atoms with Gasteiger partial charge in [-0.15, -0.1) is 0 Å². The molecule has 2 aliphatic heterocycles. The van der Waals surface area contributed by atoms with Crippen molar-refractivity contribution in [2.24, 2.45) is 0 Å². The van der Waals surface area contributed by atoms with Crippen LogP contribution in [0.15, 0.2) is 42.5 Å². The van der Waals surface area contributed by atoms with E-state index in [0.717, 1.165) is 23.1 Å². The molecule has 0 radical (unpaired) electrons. The second kappa shape index (κ2) is 8.13. The smallest absolute Gasteiger partial charge is 0.337 e. The van der Waals surface area contributed by atoms with E-state index in [2.05, 4.69) is 0 Å². The summed E-state index contributed by atoms with van der Waals surface area (Å²) >= 11 is 0. The topological polar surface area (TPSA) is 84.7 Å². The number of hydrogen-bond donors (Lipinski definition) is 0. The summed E-state index contributed by atoms with van der Waals surface area (Å²) in [5.74, 6) is -2.33. The third-order valence-electron chi connectivity index (χ3n) is 6.09. The minimum atomic E-state index is -4.52. The van der Waals surface area contributed by atoms with E-state index in [4.69, 9.17) is 5.26 Å². The summed E-state index contributed by atoms with van der Waals surface area (Å²) in [6.45, 7) is 0.409. The van der Waals surface area contributed by atoms with Crippen molar-refractivity contribution in [2.75, 3.05) is 24.5 Å². The highest BCUT2D eigenvalue weighted by molar-refractivity contribution is 6.10. The monoisotopic (exact) mass is 474 g/mol. The molecule has 3 amide bonds. The van der Waals surface area contributed by atoms with E-state index in [0.29, 0.717) is 5.56 Å². The normalized spacial score (nSPS) is 17.6. The minimum Gasteiger partial charge on any atom is -0.337 e. The lowest BCUT2D eigenvalue weighted by Gasteiger charge is -2.57. The largest absolute Gasteiger partial charge is 0.416 e. The number of hydrogen-bond acceptors (Lipinski definition) is 4. The van der Waals surface area contributed by atoms with Gasteiger partial charge in [-0.05, 0) is 35.9 Å². The van der Waals surface area contributed by atoms with Crippen LogP contribution >= 0.6 is 0 Å². The highest BCUT2D eigenvalue weighted by Gasteiger charge is 2.60. The van der Waals surface area contributed by atoms with Crippen LogP contribution in [0.1, 0.15) is 23.6 Å². The van der Waals surface area contributed by atoms with Crippen LogP contribution in [0.25, 0.3) is 0 Å². The number of nitriles is 1. The van der Waals surface area contributed by atoms with E-state index < -0.39 is 41.5 Å². The summed E-state index contributed by atoms with van der Waals surface area (Å²) in [7, 11) is 0. The Morgan fingerprint density at radius 3 is 2.29 bits per heavy atom. The second-order valence-electron chi connectivity index (χ2n) is 8.25. The number of nitrogens with zero attached hydrogens (tertiary/aromatic N) is 4. The first-order chi connectivity index (χ1) is 16.0. The van der Waals surface area contributed by atoms with Crippen molar-refractivity contribution in [3.05, 3.63) is 65.0 Å².